The van der Waals surface area contributed by atoms with Crippen molar-refractivity contribution < 1.29 is 24.2 Å². The van der Waals surface area contributed by atoms with E-state index in [1.165, 1.54) is 0 Å². The summed E-state index contributed by atoms with van der Waals surface area (Å²) in [4.78, 5) is 39.8. The predicted molar refractivity (Wildman–Crippen MR) is 131 cm³/mol. The number of carboxylic acids is 1. The molecule has 0 aromatic heterocycles. The number of alkyl carbamates (subject to hydrolysis) is 1. The minimum atomic E-state index is -1.06. The lowest BCUT2D eigenvalue weighted by Crippen LogP contribution is -2.61. The fraction of sp³-hybridized carbons (Fsp3) is 0.464. The molecular weight excluding hydrogens is 444 g/mol. The summed E-state index contributed by atoms with van der Waals surface area (Å²) < 4.78 is 5.72. The van der Waals surface area contributed by atoms with Crippen LogP contribution in [0.5, 0.6) is 0 Å². The lowest BCUT2D eigenvalue weighted by Gasteiger charge is -2.41. The first-order chi connectivity index (χ1) is 16.7. The lowest BCUT2D eigenvalue weighted by atomic mass is 9.80. The van der Waals surface area contributed by atoms with Gasteiger partial charge < -0.3 is 20.1 Å². The maximum Gasteiger partial charge on any atom is 0.408 e. The molecule has 0 bridgehead atoms. The van der Waals surface area contributed by atoms with E-state index in [1.807, 2.05) is 24.3 Å². The van der Waals surface area contributed by atoms with Gasteiger partial charge in [-0.3, -0.25) is 9.59 Å². The van der Waals surface area contributed by atoms with E-state index in [9.17, 15) is 19.5 Å². The van der Waals surface area contributed by atoms with E-state index in [2.05, 4.69) is 29.6 Å². The third-order valence-corrected chi connectivity index (χ3v) is 8.21. The molecule has 2 N–H and O–H groups in total. The van der Waals surface area contributed by atoms with Crippen LogP contribution in [0.25, 0.3) is 11.1 Å². The lowest BCUT2D eigenvalue weighted by molar-refractivity contribution is -0.154. The highest BCUT2D eigenvalue weighted by atomic mass is 16.5. The number of benzene rings is 2. The molecule has 1 saturated heterocycles. The molecule has 1 aliphatic heterocycles. The Kier molecular flexibility index (Phi) is 5.82. The first-order valence-electron chi connectivity index (χ1n) is 12.4. The number of amides is 2. The molecule has 2 aromatic carbocycles. The summed E-state index contributed by atoms with van der Waals surface area (Å²) in [6.07, 6.45) is 1.94. The van der Waals surface area contributed by atoms with Crippen molar-refractivity contribution in [3.63, 3.8) is 0 Å². The molecule has 1 saturated carbocycles. The third-order valence-electron chi connectivity index (χ3n) is 8.21. The van der Waals surface area contributed by atoms with Crippen LogP contribution in [0.1, 0.15) is 56.6 Å². The van der Waals surface area contributed by atoms with Crippen LogP contribution in [-0.2, 0) is 14.3 Å². The molecule has 0 spiro atoms. The number of nitrogens with one attached hydrogen (secondary N) is 1. The fourth-order valence-corrected chi connectivity index (χ4v) is 5.58. The van der Waals surface area contributed by atoms with Gasteiger partial charge in [-0.15, -0.1) is 0 Å². The monoisotopic (exact) mass is 476 g/mol. The Balaban J connectivity index is 1.26. The summed E-state index contributed by atoms with van der Waals surface area (Å²) in [6.45, 7) is 4.44. The highest BCUT2D eigenvalue weighted by Crippen LogP contribution is 2.45. The van der Waals surface area contributed by atoms with E-state index < -0.39 is 23.0 Å². The summed E-state index contributed by atoms with van der Waals surface area (Å²) in [5.41, 5.74) is 2.73. The zero-order valence-corrected chi connectivity index (χ0v) is 20.3. The Morgan fingerprint density at radius 1 is 1.03 bits per heavy atom. The average molecular weight is 477 g/mol. The van der Waals surface area contributed by atoms with Gasteiger partial charge in [-0.25, -0.2) is 4.79 Å². The fourth-order valence-electron chi connectivity index (χ4n) is 5.58. The second kappa shape index (κ2) is 8.70. The van der Waals surface area contributed by atoms with Crippen molar-refractivity contribution in [3.05, 3.63) is 59.7 Å². The minimum Gasteiger partial charge on any atom is -0.481 e. The van der Waals surface area contributed by atoms with E-state index in [0.717, 1.165) is 35.1 Å². The molecule has 2 aliphatic carbocycles. The molecule has 2 fully saturated rings. The van der Waals surface area contributed by atoms with Crippen molar-refractivity contribution in [2.45, 2.75) is 51.0 Å². The van der Waals surface area contributed by atoms with Crippen LogP contribution in [0, 0.1) is 11.3 Å². The number of piperidine rings is 1. The molecule has 7 nitrogen and oxygen atoms in total. The number of carbonyl (C=O) groups excluding carboxylic acids is 2. The summed E-state index contributed by atoms with van der Waals surface area (Å²) >= 11 is 0. The Bertz CT molecular complexity index is 1120. The molecule has 2 amide bonds. The van der Waals surface area contributed by atoms with Crippen LogP contribution in [0.4, 0.5) is 4.79 Å². The average Bonchev–Trinajstić information content (AvgIpc) is 3.67. The van der Waals surface area contributed by atoms with E-state index in [-0.39, 0.29) is 24.3 Å². The van der Waals surface area contributed by atoms with Gasteiger partial charge in [0.05, 0.1) is 5.41 Å². The molecule has 0 radical (unpaired) electrons. The van der Waals surface area contributed by atoms with Crippen LogP contribution in [-0.4, -0.2) is 53.2 Å². The number of fused-ring (bicyclic) bond motifs is 3. The van der Waals surface area contributed by atoms with Crippen LogP contribution < -0.4 is 5.32 Å². The number of hydrogen-bond donors (Lipinski definition) is 2. The number of hydrogen-bond acceptors (Lipinski definition) is 4. The number of nitrogens with zero attached hydrogens (tertiary/aromatic N) is 1. The first kappa shape index (κ1) is 23.4. The van der Waals surface area contributed by atoms with Crippen LogP contribution in [0.3, 0.4) is 0 Å². The molecule has 2 aromatic rings. The third kappa shape index (κ3) is 4.17. The molecule has 35 heavy (non-hydrogen) atoms. The molecule has 5 rings (SSSR count). The Morgan fingerprint density at radius 2 is 1.57 bits per heavy atom. The second-order valence-corrected chi connectivity index (χ2v) is 10.6. The first-order valence-corrected chi connectivity index (χ1v) is 12.4. The van der Waals surface area contributed by atoms with Gasteiger partial charge in [0.1, 0.15) is 12.1 Å². The quantitative estimate of drug-likeness (QED) is 0.644. The van der Waals surface area contributed by atoms with Crippen molar-refractivity contribution >= 4 is 18.0 Å². The van der Waals surface area contributed by atoms with Gasteiger partial charge in [0.2, 0.25) is 5.91 Å². The SMILES string of the molecule is CC1(C(=O)O)CCN(C(=O)C(C)(NC(=O)OCC2c3ccccc3-c3ccccc32)C2CC2)CC1. The molecule has 1 atom stereocenters. The summed E-state index contributed by atoms with van der Waals surface area (Å²) in [5.74, 6) is -0.970. The molecular formula is C28H32N2O5. The number of likely N-dealkylation sites (tertiary alicyclic amines) is 1. The van der Waals surface area contributed by atoms with E-state index in [4.69, 9.17) is 4.74 Å². The van der Waals surface area contributed by atoms with Gasteiger partial charge in [0.15, 0.2) is 0 Å². The largest absolute Gasteiger partial charge is 0.481 e. The Labute approximate surface area is 205 Å². The van der Waals surface area contributed by atoms with E-state index in [0.29, 0.717) is 25.9 Å². The van der Waals surface area contributed by atoms with Gasteiger partial charge in [-0.1, -0.05) is 48.5 Å². The van der Waals surface area contributed by atoms with E-state index >= 15 is 0 Å². The Morgan fingerprint density at radius 3 is 2.09 bits per heavy atom. The van der Waals surface area contributed by atoms with Crippen molar-refractivity contribution in [1.29, 1.82) is 0 Å². The van der Waals surface area contributed by atoms with Gasteiger partial charge >= 0.3 is 12.1 Å². The van der Waals surface area contributed by atoms with Crippen molar-refractivity contribution in [3.8, 4) is 11.1 Å². The highest BCUT2D eigenvalue weighted by molar-refractivity contribution is 5.91. The standard InChI is InChI=1S/C28H32N2O5/c1-27(25(32)33)13-15-30(16-14-27)24(31)28(2,18-11-12-18)29-26(34)35-17-23-21-9-5-3-7-19(21)20-8-4-6-10-22(20)23/h3-10,18,23H,11-17H2,1-2H3,(H,29,34)(H,32,33). The van der Waals surface area contributed by atoms with Gasteiger partial charge in [-0.2, -0.15) is 0 Å². The maximum absolute atomic E-state index is 13.5. The zero-order chi connectivity index (χ0) is 24.8. The van der Waals surface area contributed by atoms with Crippen molar-refractivity contribution in [2.75, 3.05) is 19.7 Å². The van der Waals surface area contributed by atoms with Gasteiger partial charge in [-0.05, 0) is 67.7 Å². The number of aliphatic carboxylic acids is 1. The zero-order valence-electron chi connectivity index (χ0n) is 20.3. The maximum atomic E-state index is 13.5. The molecule has 1 unspecified atom stereocenters. The molecule has 7 heteroatoms. The second-order valence-electron chi connectivity index (χ2n) is 10.6. The smallest absolute Gasteiger partial charge is 0.408 e. The van der Waals surface area contributed by atoms with E-state index in [1.54, 1.807) is 18.7 Å². The summed E-state index contributed by atoms with van der Waals surface area (Å²) in [6, 6.07) is 16.3. The van der Waals surface area contributed by atoms with Crippen molar-refractivity contribution in [1.82, 2.24) is 10.2 Å². The normalized spacial score (nSPS) is 20.3. The van der Waals surface area contributed by atoms with Crippen LogP contribution >= 0.6 is 0 Å². The van der Waals surface area contributed by atoms with Crippen molar-refractivity contribution in [2.24, 2.45) is 11.3 Å². The molecule has 184 valence electrons. The topological polar surface area (TPSA) is 95.9 Å². The Hall–Kier alpha value is -3.35. The number of rotatable bonds is 6. The van der Waals surface area contributed by atoms with Crippen LogP contribution in [0.2, 0.25) is 0 Å². The molecule has 1 heterocycles. The highest BCUT2D eigenvalue weighted by Gasteiger charge is 2.51. The van der Waals surface area contributed by atoms with Crippen LogP contribution in [0.15, 0.2) is 48.5 Å². The molecule has 3 aliphatic rings. The summed E-state index contributed by atoms with van der Waals surface area (Å²) in [5, 5.41) is 12.4. The summed E-state index contributed by atoms with van der Waals surface area (Å²) in [7, 11) is 0. The van der Waals surface area contributed by atoms with Gasteiger partial charge in [0, 0.05) is 19.0 Å². The minimum absolute atomic E-state index is 0.0492. The predicted octanol–water partition coefficient (Wildman–Crippen LogP) is 4.41. The number of carboxylic acid groups (broad SMARTS) is 1. The van der Waals surface area contributed by atoms with Gasteiger partial charge in [0.25, 0.3) is 0 Å². The number of carbonyl (C=O) groups is 3. The number of ether oxygens (including phenoxy) is 1.